The highest BCUT2D eigenvalue weighted by Gasteiger charge is 2.24. The van der Waals surface area contributed by atoms with Crippen LogP contribution in [0.2, 0.25) is 0 Å². The van der Waals surface area contributed by atoms with E-state index in [1.54, 1.807) is 0 Å². The van der Waals surface area contributed by atoms with Gasteiger partial charge < -0.3 is 16.2 Å². The van der Waals surface area contributed by atoms with E-state index in [1.165, 1.54) is 11.1 Å². The predicted molar refractivity (Wildman–Crippen MR) is 112 cm³/mol. The summed E-state index contributed by atoms with van der Waals surface area (Å²) in [7, 11) is 0. The number of hydrogen-bond acceptors (Lipinski definition) is 4. The lowest BCUT2D eigenvalue weighted by Crippen LogP contribution is -2.35. The van der Waals surface area contributed by atoms with Crippen LogP contribution in [0.3, 0.4) is 0 Å². The average molecular weight is 363 g/mol. The van der Waals surface area contributed by atoms with Crippen LogP contribution in [0, 0.1) is 5.41 Å². The summed E-state index contributed by atoms with van der Waals surface area (Å²) in [6, 6.07) is -0.605. The van der Waals surface area contributed by atoms with Gasteiger partial charge in [0.05, 0.1) is 6.61 Å². The van der Waals surface area contributed by atoms with Crippen LogP contribution < -0.4 is 11.5 Å². The quantitative estimate of drug-likeness (QED) is 0.398. The Morgan fingerprint density at radius 2 is 1.85 bits per heavy atom. The molecule has 26 heavy (non-hydrogen) atoms. The normalized spacial score (nSPS) is 14.1. The van der Waals surface area contributed by atoms with Crippen molar-refractivity contribution in [3.63, 3.8) is 0 Å². The Hall–Kier alpha value is -1.65. The minimum atomic E-state index is -0.605. The number of nitrogens with two attached hydrogens (primary N) is 2. The number of carbonyl (C=O) groups excluding carboxylic acids is 1. The molecule has 4 heteroatoms. The monoisotopic (exact) mass is 362 g/mol. The van der Waals surface area contributed by atoms with Crippen molar-refractivity contribution in [2.24, 2.45) is 16.9 Å². The molecule has 0 aliphatic carbocycles. The maximum Gasteiger partial charge on any atom is 0.322 e. The molecule has 0 amide bonds. The van der Waals surface area contributed by atoms with Crippen LogP contribution in [-0.4, -0.2) is 25.2 Å². The minimum Gasteiger partial charge on any atom is -0.464 e. The molecule has 0 aromatic heterocycles. The third-order valence-corrected chi connectivity index (χ3v) is 4.30. The molecule has 0 aliphatic heterocycles. The van der Waals surface area contributed by atoms with Crippen LogP contribution >= 0.6 is 0 Å². The molecule has 0 saturated heterocycles. The first-order chi connectivity index (χ1) is 12.0. The molecule has 0 radical (unpaired) electrons. The molecule has 0 spiro atoms. The Kier molecular flexibility index (Phi) is 11.1. The van der Waals surface area contributed by atoms with Gasteiger partial charge in [-0.25, -0.2) is 0 Å². The molecule has 0 fully saturated rings. The minimum absolute atomic E-state index is 0.237. The van der Waals surface area contributed by atoms with Crippen LogP contribution in [0.1, 0.15) is 60.3 Å². The van der Waals surface area contributed by atoms with Gasteiger partial charge in [0, 0.05) is 5.41 Å². The number of esters is 1. The van der Waals surface area contributed by atoms with Crippen LogP contribution in [0.15, 0.2) is 47.6 Å². The van der Waals surface area contributed by atoms with Crippen molar-refractivity contribution in [3.8, 4) is 0 Å². The molecule has 0 aliphatic rings. The molecule has 0 aromatic rings. The Balaban J connectivity index is 4.67. The average Bonchev–Trinajstić information content (AvgIpc) is 2.57. The van der Waals surface area contributed by atoms with Gasteiger partial charge >= 0.3 is 5.97 Å². The van der Waals surface area contributed by atoms with Gasteiger partial charge in [-0.15, -0.1) is 0 Å². The van der Waals surface area contributed by atoms with E-state index in [4.69, 9.17) is 16.2 Å². The molecule has 148 valence electrons. The molecule has 0 saturated carbocycles. The van der Waals surface area contributed by atoms with E-state index in [1.807, 2.05) is 13.8 Å². The zero-order valence-corrected chi connectivity index (χ0v) is 17.4. The molecule has 0 unspecified atom stereocenters. The van der Waals surface area contributed by atoms with E-state index in [9.17, 15) is 4.79 Å². The maximum absolute atomic E-state index is 12.0. The Morgan fingerprint density at radius 3 is 2.38 bits per heavy atom. The van der Waals surface area contributed by atoms with Gasteiger partial charge in [0.15, 0.2) is 0 Å². The molecule has 0 heterocycles. The van der Waals surface area contributed by atoms with Crippen LogP contribution in [0.25, 0.3) is 0 Å². The SMILES string of the molecule is C=C(/C=C(C)/C(C)=C/CC)C(=C)CC(C)(C)COC(=O)[C@@H](N)CCCN. The van der Waals surface area contributed by atoms with Gasteiger partial charge in [-0.1, -0.05) is 51.7 Å². The molecule has 1 atom stereocenters. The van der Waals surface area contributed by atoms with E-state index < -0.39 is 6.04 Å². The van der Waals surface area contributed by atoms with Gasteiger partial charge in [0.25, 0.3) is 0 Å². The summed E-state index contributed by atoms with van der Waals surface area (Å²) >= 11 is 0. The fourth-order valence-corrected chi connectivity index (χ4v) is 2.52. The van der Waals surface area contributed by atoms with Crippen molar-refractivity contribution >= 4 is 5.97 Å². The Bertz CT molecular complexity index is 556. The number of carbonyl (C=O) groups is 1. The number of rotatable bonds is 12. The first-order valence-electron chi connectivity index (χ1n) is 9.38. The van der Waals surface area contributed by atoms with Gasteiger partial charge in [-0.05, 0) is 62.8 Å². The highest BCUT2D eigenvalue weighted by Crippen LogP contribution is 2.29. The van der Waals surface area contributed by atoms with E-state index in [2.05, 4.69) is 46.1 Å². The van der Waals surface area contributed by atoms with Crippen molar-refractivity contribution in [2.45, 2.75) is 66.3 Å². The fourth-order valence-electron chi connectivity index (χ4n) is 2.52. The van der Waals surface area contributed by atoms with Crippen molar-refractivity contribution in [1.82, 2.24) is 0 Å². The smallest absolute Gasteiger partial charge is 0.322 e. The highest BCUT2D eigenvalue weighted by atomic mass is 16.5. The van der Waals surface area contributed by atoms with E-state index in [-0.39, 0.29) is 11.4 Å². The van der Waals surface area contributed by atoms with Crippen LogP contribution in [0.5, 0.6) is 0 Å². The lowest BCUT2D eigenvalue weighted by Gasteiger charge is -2.26. The van der Waals surface area contributed by atoms with Crippen molar-refractivity contribution < 1.29 is 9.53 Å². The van der Waals surface area contributed by atoms with Crippen molar-refractivity contribution in [1.29, 1.82) is 0 Å². The molecule has 4 N–H and O–H groups in total. The first-order valence-corrected chi connectivity index (χ1v) is 9.38. The highest BCUT2D eigenvalue weighted by molar-refractivity contribution is 5.75. The number of allylic oxidation sites excluding steroid dienone is 6. The van der Waals surface area contributed by atoms with E-state index >= 15 is 0 Å². The predicted octanol–water partition coefficient (Wildman–Crippen LogP) is 4.43. The molecule has 0 rings (SSSR count). The molecular weight excluding hydrogens is 324 g/mol. The van der Waals surface area contributed by atoms with Gasteiger partial charge in [-0.3, -0.25) is 4.79 Å². The Morgan fingerprint density at radius 1 is 1.23 bits per heavy atom. The summed E-state index contributed by atoms with van der Waals surface area (Å²) in [6.07, 6.45) is 7.23. The van der Waals surface area contributed by atoms with E-state index in [0.29, 0.717) is 32.4 Å². The van der Waals surface area contributed by atoms with E-state index in [0.717, 1.165) is 17.6 Å². The first kappa shape index (κ1) is 24.4. The summed E-state index contributed by atoms with van der Waals surface area (Å²) < 4.78 is 5.40. The fraction of sp³-hybridized carbons (Fsp3) is 0.591. The summed E-state index contributed by atoms with van der Waals surface area (Å²) in [5.41, 5.74) is 15.3. The van der Waals surface area contributed by atoms with Gasteiger partial charge in [-0.2, -0.15) is 0 Å². The van der Waals surface area contributed by atoms with Crippen LogP contribution in [0.4, 0.5) is 0 Å². The lowest BCUT2D eigenvalue weighted by molar-refractivity contribution is -0.148. The second-order valence-electron chi connectivity index (χ2n) is 7.74. The summed E-state index contributed by atoms with van der Waals surface area (Å²) in [4.78, 5) is 12.0. The third-order valence-electron chi connectivity index (χ3n) is 4.30. The van der Waals surface area contributed by atoms with Gasteiger partial charge in [0.1, 0.15) is 6.04 Å². The Labute approximate surface area is 160 Å². The third kappa shape index (κ3) is 9.73. The molecular formula is C22H38N2O2. The van der Waals surface area contributed by atoms with Gasteiger partial charge in [0.2, 0.25) is 0 Å². The summed E-state index contributed by atoms with van der Waals surface area (Å²) in [6.45, 7) is 19.5. The zero-order chi connectivity index (χ0) is 20.3. The molecule has 4 nitrogen and oxygen atoms in total. The summed E-state index contributed by atoms with van der Waals surface area (Å²) in [5.74, 6) is -0.368. The zero-order valence-electron chi connectivity index (χ0n) is 17.4. The standard InChI is InChI=1S/C22H38N2O2/c1-8-10-16(2)17(3)13-18(4)19(5)14-22(6,7)15-26-21(25)20(24)11-9-12-23/h10,13,20H,4-5,8-9,11-12,14-15,23-24H2,1-3,6-7H3/b16-10+,17-13+/t20-/m0/s1. The second kappa shape index (κ2) is 11.9. The van der Waals surface area contributed by atoms with Crippen molar-refractivity contribution in [3.05, 3.63) is 47.6 Å². The summed E-state index contributed by atoms with van der Waals surface area (Å²) in [5, 5.41) is 0. The van der Waals surface area contributed by atoms with Crippen molar-refractivity contribution in [2.75, 3.05) is 13.2 Å². The second-order valence-corrected chi connectivity index (χ2v) is 7.74. The molecule has 0 bridgehead atoms. The number of hydrogen-bond donors (Lipinski definition) is 2. The van der Waals surface area contributed by atoms with Crippen LogP contribution in [-0.2, 0) is 9.53 Å². The molecule has 0 aromatic carbocycles. The largest absolute Gasteiger partial charge is 0.464 e. The topological polar surface area (TPSA) is 78.3 Å². The lowest BCUT2D eigenvalue weighted by atomic mass is 9.84. The maximum atomic E-state index is 12.0. The number of ether oxygens (including phenoxy) is 1.